The van der Waals surface area contributed by atoms with Crippen molar-refractivity contribution in [3.63, 3.8) is 0 Å². The van der Waals surface area contributed by atoms with E-state index in [-0.39, 0.29) is 5.82 Å². The van der Waals surface area contributed by atoms with Gasteiger partial charge in [0.05, 0.1) is 19.3 Å². The first-order valence-corrected chi connectivity index (χ1v) is 9.52. The third-order valence-corrected chi connectivity index (χ3v) is 4.85. The van der Waals surface area contributed by atoms with Gasteiger partial charge in [0.1, 0.15) is 5.82 Å². The molecular weight excluding hydrogens is 363 g/mol. The lowest BCUT2D eigenvalue weighted by Gasteiger charge is -2.25. The zero-order chi connectivity index (χ0) is 19.8. The van der Waals surface area contributed by atoms with Gasteiger partial charge in [-0.3, -0.25) is 5.32 Å². The highest BCUT2D eigenvalue weighted by atomic mass is 32.2. The number of amides is 1. The molecule has 0 spiro atoms. The van der Waals surface area contributed by atoms with Gasteiger partial charge in [-0.15, -0.1) is 18.2 Å². The molecule has 142 valence electrons. The first-order chi connectivity index (χ1) is 13.0. The zero-order valence-corrected chi connectivity index (χ0v) is 16.5. The fourth-order valence-electron chi connectivity index (χ4n) is 2.66. The Morgan fingerprint density at radius 2 is 2.04 bits per heavy atom. The Balaban J connectivity index is 2.38. The van der Waals surface area contributed by atoms with Gasteiger partial charge in [0, 0.05) is 17.1 Å². The summed E-state index contributed by atoms with van der Waals surface area (Å²) in [6.07, 6.45) is 5.06. The van der Waals surface area contributed by atoms with Gasteiger partial charge in [-0.05, 0) is 48.1 Å². The molecular formula is C21H23FN2O2S. The number of halogens is 1. The average molecular weight is 386 g/mol. The number of nitrogens with one attached hydrogen (secondary N) is 1. The summed E-state index contributed by atoms with van der Waals surface area (Å²) >= 11 is 1.63. The number of carbonyl (C=O) groups excluding carboxylic acids is 1. The average Bonchev–Trinajstić information content (AvgIpc) is 2.65. The third kappa shape index (κ3) is 5.66. The fraction of sp³-hybridized carbons (Fsp3) is 0.286. The topological polar surface area (TPSA) is 41.6 Å². The van der Waals surface area contributed by atoms with Crippen molar-refractivity contribution in [3.05, 3.63) is 53.3 Å². The number of thioether (sulfide) groups is 1. The molecule has 0 aliphatic rings. The van der Waals surface area contributed by atoms with E-state index in [0.29, 0.717) is 13.1 Å². The van der Waals surface area contributed by atoms with E-state index in [1.54, 1.807) is 23.9 Å². The number of hydrogen-bond donors (Lipinski definition) is 1. The maximum Gasteiger partial charge on any atom is 0.411 e. The highest BCUT2D eigenvalue weighted by molar-refractivity contribution is 7.99. The van der Waals surface area contributed by atoms with E-state index in [2.05, 4.69) is 11.2 Å². The summed E-state index contributed by atoms with van der Waals surface area (Å²) < 4.78 is 17.9. The van der Waals surface area contributed by atoms with E-state index in [0.717, 1.165) is 33.2 Å². The van der Waals surface area contributed by atoms with Gasteiger partial charge in [-0.1, -0.05) is 25.0 Å². The Kier molecular flexibility index (Phi) is 7.56. The predicted octanol–water partition coefficient (Wildman–Crippen LogP) is 5.06. The molecule has 0 bridgehead atoms. The first kappa shape index (κ1) is 20.7. The molecule has 0 aromatic heterocycles. The van der Waals surface area contributed by atoms with Crippen LogP contribution in [0.15, 0.2) is 41.3 Å². The van der Waals surface area contributed by atoms with Crippen LogP contribution in [0.5, 0.6) is 0 Å². The summed E-state index contributed by atoms with van der Waals surface area (Å²) in [7, 11) is 1.34. The second-order valence-electron chi connectivity index (χ2n) is 5.87. The number of aryl methyl sites for hydroxylation is 1. The Bertz CT molecular complexity index is 831. The van der Waals surface area contributed by atoms with Gasteiger partial charge < -0.3 is 9.64 Å². The molecule has 1 N–H and O–H groups in total. The molecule has 0 radical (unpaired) electrons. The van der Waals surface area contributed by atoms with Crippen molar-refractivity contribution in [2.75, 3.05) is 29.6 Å². The van der Waals surface area contributed by atoms with E-state index >= 15 is 0 Å². The molecule has 2 aromatic carbocycles. The normalized spacial score (nSPS) is 10.2. The fourth-order valence-corrected chi connectivity index (χ4v) is 3.53. The standard InChI is InChI=1S/C21H23FN2O2S/c1-5-11-24(14-16-7-9-17(22)10-8-16)18-12-15(3)20(23-21(25)26-4)19(13-18)27-6-2/h1,7-10,12-13H,6,11,14H2,2-4H3,(H,23,25). The summed E-state index contributed by atoms with van der Waals surface area (Å²) in [5, 5.41) is 2.78. The number of ether oxygens (including phenoxy) is 1. The van der Waals surface area contributed by atoms with Gasteiger partial charge in [-0.25, -0.2) is 9.18 Å². The third-order valence-electron chi connectivity index (χ3n) is 3.93. The summed E-state index contributed by atoms with van der Waals surface area (Å²) in [5.74, 6) is 3.27. The summed E-state index contributed by atoms with van der Waals surface area (Å²) in [5.41, 5.74) is 3.56. The summed E-state index contributed by atoms with van der Waals surface area (Å²) in [6.45, 7) is 4.95. The molecule has 27 heavy (non-hydrogen) atoms. The molecule has 0 unspecified atom stereocenters. The van der Waals surface area contributed by atoms with Crippen molar-refractivity contribution in [1.82, 2.24) is 0 Å². The van der Waals surface area contributed by atoms with Gasteiger partial charge in [0.15, 0.2) is 0 Å². The Labute approximate surface area is 164 Å². The molecule has 0 fully saturated rings. The van der Waals surface area contributed by atoms with Crippen molar-refractivity contribution < 1.29 is 13.9 Å². The van der Waals surface area contributed by atoms with Gasteiger partial charge in [0.2, 0.25) is 0 Å². The molecule has 0 atom stereocenters. The van der Waals surface area contributed by atoms with Crippen molar-refractivity contribution in [2.24, 2.45) is 0 Å². The quantitative estimate of drug-likeness (QED) is 0.533. The van der Waals surface area contributed by atoms with Gasteiger partial charge in [-0.2, -0.15) is 0 Å². The van der Waals surface area contributed by atoms with E-state index in [1.165, 1.54) is 19.2 Å². The van der Waals surface area contributed by atoms with Crippen LogP contribution in [0.25, 0.3) is 0 Å². The number of methoxy groups -OCH3 is 1. The highest BCUT2D eigenvalue weighted by Gasteiger charge is 2.15. The summed E-state index contributed by atoms with van der Waals surface area (Å²) in [4.78, 5) is 14.7. The minimum absolute atomic E-state index is 0.266. The number of nitrogens with zero attached hydrogens (tertiary/aromatic N) is 1. The van der Waals surface area contributed by atoms with Crippen molar-refractivity contribution >= 4 is 29.2 Å². The lowest BCUT2D eigenvalue weighted by molar-refractivity contribution is 0.187. The van der Waals surface area contributed by atoms with Crippen LogP contribution in [-0.4, -0.2) is 25.5 Å². The molecule has 2 rings (SSSR count). The van der Waals surface area contributed by atoms with Crippen LogP contribution in [0.3, 0.4) is 0 Å². The highest BCUT2D eigenvalue weighted by Crippen LogP contribution is 2.35. The van der Waals surface area contributed by atoms with Crippen LogP contribution in [-0.2, 0) is 11.3 Å². The number of anilines is 2. The molecule has 0 saturated heterocycles. The largest absolute Gasteiger partial charge is 0.453 e. The Morgan fingerprint density at radius 1 is 1.33 bits per heavy atom. The second-order valence-corrected chi connectivity index (χ2v) is 7.18. The molecule has 0 aliphatic carbocycles. The van der Waals surface area contributed by atoms with E-state index in [1.807, 2.05) is 30.9 Å². The number of carbonyl (C=O) groups is 1. The molecule has 0 aliphatic heterocycles. The zero-order valence-electron chi connectivity index (χ0n) is 15.7. The minimum Gasteiger partial charge on any atom is -0.453 e. The molecule has 1 amide bonds. The molecule has 0 heterocycles. The number of benzene rings is 2. The lowest BCUT2D eigenvalue weighted by atomic mass is 10.1. The van der Waals surface area contributed by atoms with Crippen LogP contribution < -0.4 is 10.2 Å². The maximum absolute atomic E-state index is 13.2. The Hall–Kier alpha value is -2.65. The lowest BCUT2D eigenvalue weighted by Crippen LogP contribution is -2.23. The van der Waals surface area contributed by atoms with Gasteiger partial charge >= 0.3 is 6.09 Å². The van der Waals surface area contributed by atoms with Gasteiger partial charge in [0.25, 0.3) is 0 Å². The SMILES string of the molecule is C#CCN(Cc1ccc(F)cc1)c1cc(C)c(NC(=O)OC)c(SCC)c1. The minimum atomic E-state index is -0.504. The molecule has 2 aromatic rings. The molecule has 4 nitrogen and oxygen atoms in total. The Morgan fingerprint density at radius 3 is 2.63 bits per heavy atom. The number of terminal acetylenes is 1. The number of hydrogen-bond acceptors (Lipinski definition) is 4. The van der Waals surface area contributed by atoms with E-state index < -0.39 is 6.09 Å². The van der Waals surface area contributed by atoms with Crippen LogP contribution in [0.4, 0.5) is 20.6 Å². The molecule has 0 saturated carbocycles. The second kappa shape index (κ2) is 9.89. The smallest absolute Gasteiger partial charge is 0.411 e. The molecule has 6 heteroatoms. The van der Waals surface area contributed by atoms with Crippen LogP contribution in [0, 0.1) is 25.1 Å². The first-order valence-electron chi connectivity index (χ1n) is 8.53. The van der Waals surface area contributed by atoms with Crippen molar-refractivity contribution in [3.8, 4) is 12.3 Å². The van der Waals surface area contributed by atoms with Crippen LogP contribution in [0.2, 0.25) is 0 Å². The monoisotopic (exact) mass is 386 g/mol. The van der Waals surface area contributed by atoms with Crippen LogP contribution >= 0.6 is 11.8 Å². The van der Waals surface area contributed by atoms with E-state index in [9.17, 15) is 9.18 Å². The maximum atomic E-state index is 13.2. The van der Waals surface area contributed by atoms with Crippen LogP contribution in [0.1, 0.15) is 18.1 Å². The predicted molar refractivity (Wildman–Crippen MR) is 110 cm³/mol. The van der Waals surface area contributed by atoms with Crippen molar-refractivity contribution in [1.29, 1.82) is 0 Å². The van der Waals surface area contributed by atoms with E-state index in [4.69, 9.17) is 11.2 Å². The van der Waals surface area contributed by atoms with Crippen molar-refractivity contribution in [2.45, 2.75) is 25.3 Å². The number of rotatable bonds is 7. The summed E-state index contributed by atoms with van der Waals surface area (Å²) in [6, 6.07) is 10.4.